The SMILES string of the molecule is C[C@]12C=CC(=O)C=C1[C@@H](F)C[C@H]1[C@@H]3C[C@H]4O[C@@H](c5ccc(Cc6ccccc6)s5)O[C@@]4(C(=O)CO)[C@@]3(C)C[C@H](O)[C@@]12F. The number of ether oxygens (including phenoxy) is 2. The molecule has 2 aromatic rings. The molecule has 10 atom stereocenters. The molecule has 2 N–H and O–H groups in total. The van der Waals surface area contributed by atoms with Crippen molar-refractivity contribution in [1.29, 1.82) is 0 Å². The number of thiophene rings is 1. The number of aliphatic hydroxyl groups excluding tert-OH is 2. The van der Waals surface area contributed by atoms with E-state index in [1.807, 2.05) is 30.3 Å². The largest absolute Gasteiger partial charge is 0.390 e. The summed E-state index contributed by atoms with van der Waals surface area (Å²) in [6.07, 6.45) is -0.471. The zero-order valence-corrected chi connectivity index (χ0v) is 24.3. The van der Waals surface area contributed by atoms with Gasteiger partial charge >= 0.3 is 0 Å². The lowest BCUT2D eigenvalue weighted by Gasteiger charge is -2.63. The lowest BCUT2D eigenvalue weighted by atomic mass is 9.44. The van der Waals surface area contributed by atoms with Gasteiger partial charge in [-0.1, -0.05) is 43.3 Å². The van der Waals surface area contributed by atoms with Gasteiger partial charge in [0.1, 0.15) is 12.8 Å². The van der Waals surface area contributed by atoms with E-state index in [0.29, 0.717) is 0 Å². The topological polar surface area (TPSA) is 93.1 Å². The quantitative estimate of drug-likeness (QED) is 0.506. The van der Waals surface area contributed by atoms with Crippen LogP contribution in [0.4, 0.5) is 8.78 Å². The van der Waals surface area contributed by atoms with Crippen molar-refractivity contribution < 1.29 is 38.1 Å². The summed E-state index contributed by atoms with van der Waals surface area (Å²) >= 11 is 1.52. The van der Waals surface area contributed by atoms with Crippen LogP contribution in [0.5, 0.6) is 0 Å². The van der Waals surface area contributed by atoms with Crippen molar-refractivity contribution in [2.45, 2.75) is 75.5 Å². The smallest absolute Gasteiger partial charge is 0.194 e. The standard InChI is InChI=1S/C33H34F2O6S/c1-30-11-10-19(37)13-23(30)24(34)14-22-21-15-28-33(27(39)17-36,31(21,2)16-26(38)32(22,30)35)41-29(40-28)25-9-8-20(42-25)12-18-6-4-3-5-7-18/h3-11,13,21-22,24,26,28-29,36,38H,12,14-17H2,1-2H3/t21-,22-,24-,26-,28+,29+,30-,31-,32-,33+/m0/s1. The monoisotopic (exact) mass is 596 g/mol. The van der Waals surface area contributed by atoms with Crippen LogP contribution in [0.1, 0.15) is 54.7 Å². The van der Waals surface area contributed by atoms with Crippen molar-refractivity contribution in [2.75, 3.05) is 6.61 Å². The molecule has 2 heterocycles. The third-order valence-electron chi connectivity index (χ3n) is 11.1. The second-order valence-corrected chi connectivity index (χ2v) is 14.2. The predicted octanol–water partition coefficient (Wildman–Crippen LogP) is 4.98. The first-order chi connectivity index (χ1) is 20.0. The molecule has 0 amide bonds. The van der Waals surface area contributed by atoms with Crippen LogP contribution in [0, 0.1) is 22.7 Å². The third-order valence-corrected chi connectivity index (χ3v) is 12.2. The van der Waals surface area contributed by atoms with Crippen molar-refractivity contribution >= 4 is 22.9 Å². The Labute approximate surface area is 247 Å². The minimum Gasteiger partial charge on any atom is -0.390 e. The number of alkyl halides is 2. The third kappa shape index (κ3) is 3.54. The van der Waals surface area contributed by atoms with Crippen LogP contribution >= 0.6 is 11.3 Å². The van der Waals surface area contributed by atoms with Crippen molar-refractivity contribution in [3.8, 4) is 0 Å². The maximum atomic E-state index is 17.5. The van der Waals surface area contributed by atoms with Gasteiger partial charge in [-0.3, -0.25) is 9.59 Å². The summed E-state index contributed by atoms with van der Waals surface area (Å²) in [6, 6.07) is 13.9. The number of allylic oxidation sites excluding steroid dienone is 4. The first-order valence-electron chi connectivity index (χ1n) is 14.5. The Hall–Kier alpha value is -2.56. The summed E-state index contributed by atoms with van der Waals surface area (Å²) in [4.78, 5) is 27.6. The van der Waals surface area contributed by atoms with E-state index in [9.17, 15) is 19.8 Å². The minimum atomic E-state index is -2.27. The summed E-state index contributed by atoms with van der Waals surface area (Å²) in [7, 11) is 0. The number of fused-ring (bicyclic) bond motifs is 7. The Kier molecular flexibility index (Phi) is 6.36. The molecule has 1 aromatic carbocycles. The number of Topliss-reactive ketones (excluding diaryl/α,β-unsaturated/α-hetero) is 1. The number of carbonyl (C=O) groups excluding carboxylic acids is 2. The Balaban J connectivity index is 1.24. The molecule has 1 saturated heterocycles. The molecule has 1 aliphatic heterocycles. The van der Waals surface area contributed by atoms with Gasteiger partial charge in [-0.05, 0) is 67.5 Å². The maximum Gasteiger partial charge on any atom is 0.194 e. The van der Waals surface area contributed by atoms with Crippen molar-refractivity contribution in [3.05, 3.63) is 81.6 Å². The lowest BCUT2D eigenvalue weighted by molar-refractivity contribution is -0.234. The summed E-state index contributed by atoms with van der Waals surface area (Å²) in [6.45, 7) is 2.53. The fraction of sp³-hybridized carbons (Fsp3) is 0.515. The molecule has 4 aliphatic carbocycles. The first-order valence-corrected chi connectivity index (χ1v) is 15.4. The fourth-order valence-corrected chi connectivity index (χ4v) is 10.1. The Morgan fingerprint density at radius 1 is 1.12 bits per heavy atom. The van der Waals surface area contributed by atoms with Crippen LogP contribution in [-0.4, -0.2) is 58.0 Å². The van der Waals surface area contributed by atoms with Crippen LogP contribution < -0.4 is 0 Å². The average molecular weight is 597 g/mol. The molecule has 9 heteroatoms. The van der Waals surface area contributed by atoms with Crippen molar-refractivity contribution in [2.24, 2.45) is 22.7 Å². The second kappa shape index (κ2) is 9.47. The molecule has 222 valence electrons. The molecule has 5 aliphatic rings. The molecule has 1 aromatic heterocycles. The van der Waals surface area contributed by atoms with E-state index in [2.05, 4.69) is 12.1 Å². The number of hydrogen-bond donors (Lipinski definition) is 2. The summed E-state index contributed by atoms with van der Waals surface area (Å²) in [5.74, 6) is -2.53. The number of carbonyl (C=O) groups is 2. The van der Waals surface area contributed by atoms with Crippen molar-refractivity contribution in [1.82, 2.24) is 0 Å². The molecule has 42 heavy (non-hydrogen) atoms. The molecule has 0 bridgehead atoms. The zero-order chi connectivity index (χ0) is 29.7. The highest BCUT2D eigenvalue weighted by atomic mass is 32.1. The maximum absolute atomic E-state index is 17.5. The summed E-state index contributed by atoms with van der Waals surface area (Å²) < 4.78 is 46.3. The molecular weight excluding hydrogens is 562 g/mol. The molecule has 7 rings (SSSR count). The zero-order valence-electron chi connectivity index (χ0n) is 23.5. The number of ketones is 2. The van der Waals surface area contributed by atoms with E-state index in [1.165, 1.54) is 23.5 Å². The predicted molar refractivity (Wildman–Crippen MR) is 151 cm³/mol. The summed E-state index contributed by atoms with van der Waals surface area (Å²) in [5, 5.41) is 21.8. The number of aliphatic hydroxyl groups is 2. The van der Waals surface area contributed by atoms with E-state index in [0.717, 1.165) is 27.8 Å². The molecule has 3 saturated carbocycles. The van der Waals surface area contributed by atoms with Gasteiger partial charge in [-0.25, -0.2) is 8.78 Å². The van der Waals surface area contributed by atoms with Crippen LogP contribution in [0.2, 0.25) is 0 Å². The van der Waals surface area contributed by atoms with Crippen LogP contribution in [-0.2, 0) is 25.5 Å². The normalized spacial score (nSPS) is 43.8. The highest BCUT2D eigenvalue weighted by molar-refractivity contribution is 7.12. The van der Waals surface area contributed by atoms with E-state index in [1.54, 1.807) is 13.8 Å². The van der Waals surface area contributed by atoms with E-state index >= 15 is 8.78 Å². The van der Waals surface area contributed by atoms with Gasteiger partial charge in [-0.15, -0.1) is 11.3 Å². The Morgan fingerprint density at radius 2 is 1.88 bits per heavy atom. The van der Waals surface area contributed by atoms with Gasteiger partial charge in [0.15, 0.2) is 29.1 Å². The molecule has 0 spiro atoms. The van der Waals surface area contributed by atoms with Crippen LogP contribution in [0.25, 0.3) is 0 Å². The molecule has 4 fully saturated rings. The first kappa shape index (κ1) is 28.2. The molecular formula is C33H34F2O6S. The molecule has 0 unspecified atom stereocenters. The van der Waals surface area contributed by atoms with Crippen LogP contribution in [0.15, 0.2) is 66.3 Å². The lowest BCUT2D eigenvalue weighted by Crippen LogP contribution is -2.70. The summed E-state index contributed by atoms with van der Waals surface area (Å²) in [5.41, 5.74) is -5.36. The van der Waals surface area contributed by atoms with Gasteiger partial charge < -0.3 is 19.7 Å². The van der Waals surface area contributed by atoms with E-state index < -0.39 is 76.8 Å². The number of hydrogen-bond acceptors (Lipinski definition) is 7. The van der Waals surface area contributed by atoms with Crippen LogP contribution in [0.3, 0.4) is 0 Å². The second-order valence-electron chi connectivity index (χ2n) is 13.0. The van der Waals surface area contributed by atoms with E-state index in [-0.39, 0.29) is 24.8 Å². The Bertz CT molecular complexity index is 1500. The average Bonchev–Trinajstić information content (AvgIpc) is 3.65. The van der Waals surface area contributed by atoms with Crippen molar-refractivity contribution in [3.63, 3.8) is 0 Å². The van der Waals surface area contributed by atoms with Gasteiger partial charge in [0.25, 0.3) is 0 Å². The molecule has 0 radical (unpaired) electrons. The van der Waals surface area contributed by atoms with Gasteiger partial charge in [0, 0.05) is 28.0 Å². The Morgan fingerprint density at radius 3 is 2.62 bits per heavy atom. The van der Waals surface area contributed by atoms with Gasteiger partial charge in [0.2, 0.25) is 0 Å². The minimum absolute atomic E-state index is 0.0484. The number of halogens is 2. The number of benzene rings is 1. The van der Waals surface area contributed by atoms with Gasteiger partial charge in [-0.2, -0.15) is 0 Å². The van der Waals surface area contributed by atoms with Gasteiger partial charge in [0.05, 0.1) is 17.1 Å². The highest BCUT2D eigenvalue weighted by Gasteiger charge is 2.80. The highest BCUT2D eigenvalue weighted by Crippen LogP contribution is 2.72. The van der Waals surface area contributed by atoms with E-state index in [4.69, 9.17) is 9.47 Å². The number of rotatable bonds is 5. The molecule has 6 nitrogen and oxygen atoms in total. The fourth-order valence-electron chi connectivity index (χ4n) is 9.11.